The first kappa shape index (κ1) is 13.5. The third kappa shape index (κ3) is 2.44. The fourth-order valence-corrected chi connectivity index (χ4v) is 3.43. The summed E-state index contributed by atoms with van der Waals surface area (Å²) in [5, 5.41) is 7.70. The lowest BCUT2D eigenvalue weighted by molar-refractivity contribution is -0.140. The Morgan fingerprint density at radius 2 is 2.30 bits per heavy atom. The van der Waals surface area contributed by atoms with Crippen molar-refractivity contribution in [3.8, 4) is 0 Å². The number of fused-ring (bicyclic) bond motifs is 1. The van der Waals surface area contributed by atoms with E-state index in [1.54, 1.807) is 6.33 Å². The maximum absolute atomic E-state index is 12.3. The van der Waals surface area contributed by atoms with Crippen LogP contribution in [0.5, 0.6) is 0 Å². The van der Waals surface area contributed by atoms with Crippen LogP contribution in [-0.4, -0.2) is 44.7 Å². The topological polar surface area (TPSA) is 63.1 Å². The van der Waals surface area contributed by atoms with E-state index in [1.807, 2.05) is 9.58 Å². The van der Waals surface area contributed by atoms with Crippen molar-refractivity contribution in [1.29, 1.82) is 0 Å². The zero-order valence-corrected chi connectivity index (χ0v) is 12.2. The van der Waals surface area contributed by atoms with Gasteiger partial charge in [-0.1, -0.05) is 0 Å². The van der Waals surface area contributed by atoms with Crippen LogP contribution in [0.1, 0.15) is 45.0 Å². The number of nitrogens with zero attached hydrogens (tertiary/aromatic N) is 4. The van der Waals surface area contributed by atoms with Crippen molar-refractivity contribution in [2.45, 2.75) is 51.7 Å². The van der Waals surface area contributed by atoms with Crippen molar-refractivity contribution in [3.05, 3.63) is 12.2 Å². The molecule has 2 unspecified atom stereocenters. The van der Waals surface area contributed by atoms with Crippen LogP contribution in [0.3, 0.4) is 0 Å². The largest absolute Gasteiger partial charge is 0.332 e. The second-order valence-electron chi connectivity index (χ2n) is 6.10. The summed E-state index contributed by atoms with van der Waals surface area (Å²) in [7, 11) is 0. The number of carbonyl (C=O) groups excluding carboxylic acids is 1. The van der Waals surface area contributed by atoms with Gasteiger partial charge in [0.15, 0.2) is 0 Å². The van der Waals surface area contributed by atoms with Crippen LogP contribution in [0.4, 0.5) is 0 Å². The van der Waals surface area contributed by atoms with Crippen LogP contribution in [0, 0.1) is 5.92 Å². The maximum atomic E-state index is 12.3. The fraction of sp³-hybridized carbons (Fsp3) is 0.786. The standard InChI is InChI=1S/C14H23N5O/c1-10(2)19-13(16-9-17-19)8-18-12-5-6-15-7-11(12)3-4-14(18)20/h9-12,15H,3-8H2,1-2H3. The summed E-state index contributed by atoms with van der Waals surface area (Å²) in [6.07, 6.45) is 4.32. The molecule has 2 saturated heterocycles. The van der Waals surface area contributed by atoms with Crippen LogP contribution in [0.15, 0.2) is 6.33 Å². The van der Waals surface area contributed by atoms with E-state index < -0.39 is 0 Å². The van der Waals surface area contributed by atoms with Gasteiger partial charge < -0.3 is 10.2 Å². The first-order chi connectivity index (χ1) is 9.66. The molecule has 2 atom stereocenters. The Hall–Kier alpha value is -1.43. The molecule has 2 aliphatic rings. The lowest BCUT2D eigenvalue weighted by Crippen LogP contribution is -2.54. The third-order valence-electron chi connectivity index (χ3n) is 4.47. The Morgan fingerprint density at radius 1 is 1.45 bits per heavy atom. The van der Waals surface area contributed by atoms with Gasteiger partial charge in [0.1, 0.15) is 12.2 Å². The Balaban J connectivity index is 1.80. The monoisotopic (exact) mass is 277 g/mol. The smallest absolute Gasteiger partial charge is 0.223 e. The van der Waals surface area contributed by atoms with Gasteiger partial charge in [0, 0.05) is 18.5 Å². The van der Waals surface area contributed by atoms with E-state index >= 15 is 0 Å². The summed E-state index contributed by atoms with van der Waals surface area (Å²) < 4.78 is 1.91. The molecule has 0 radical (unpaired) electrons. The molecule has 2 aliphatic heterocycles. The van der Waals surface area contributed by atoms with Crippen LogP contribution in [0.25, 0.3) is 0 Å². The number of hydrogen-bond donors (Lipinski definition) is 1. The average Bonchev–Trinajstić information content (AvgIpc) is 2.90. The van der Waals surface area contributed by atoms with Gasteiger partial charge in [-0.15, -0.1) is 0 Å². The van der Waals surface area contributed by atoms with Gasteiger partial charge in [0.05, 0.1) is 6.54 Å². The van der Waals surface area contributed by atoms with Crippen LogP contribution < -0.4 is 5.32 Å². The van der Waals surface area contributed by atoms with Gasteiger partial charge in [-0.3, -0.25) is 4.79 Å². The normalized spacial score (nSPS) is 26.9. The Labute approximate surface area is 119 Å². The minimum absolute atomic E-state index is 0.270. The summed E-state index contributed by atoms with van der Waals surface area (Å²) in [5.74, 6) is 1.76. The molecule has 3 rings (SSSR count). The highest BCUT2D eigenvalue weighted by Gasteiger charge is 2.37. The van der Waals surface area contributed by atoms with E-state index in [0.29, 0.717) is 24.9 Å². The molecule has 0 saturated carbocycles. The van der Waals surface area contributed by atoms with Gasteiger partial charge in [-0.2, -0.15) is 5.10 Å². The van der Waals surface area contributed by atoms with E-state index in [0.717, 1.165) is 31.8 Å². The molecule has 0 spiro atoms. The van der Waals surface area contributed by atoms with Crippen LogP contribution in [0.2, 0.25) is 0 Å². The third-order valence-corrected chi connectivity index (χ3v) is 4.47. The zero-order chi connectivity index (χ0) is 14.1. The van der Waals surface area contributed by atoms with E-state index in [1.165, 1.54) is 0 Å². The first-order valence-corrected chi connectivity index (χ1v) is 7.55. The molecule has 1 amide bonds. The molecule has 6 heteroatoms. The van der Waals surface area contributed by atoms with Gasteiger partial charge in [-0.25, -0.2) is 9.67 Å². The Morgan fingerprint density at radius 3 is 3.10 bits per heavy atom. The highest BCUT2D eigenvalue weighted by molar-refractivity contribution is 5.77. The van der Waals surface area contributed by atoms with Crippen molar-refractivity contribution >= 4 is 5.91 Å². The lowest BCUT2D eigenvalue weighted by Gasteiger charge is -2.44. The molecule has 20 heavy (non-hydrogen) atoms. The number of hydrogen-bond acceptors (Lipinski definition) is 4. The molecule has 1 N–H and O–H groups in total. The van der Waals surface area contributed by atoms with E-state index in [-0.39, 0.29) is 11.9 Å². The highest BCUT2D eigenvalue weighted by atomic mass is 16.2. The molecular formula is C14H23N5O. The fourth-order valence-electron chi connectivity index (χ4n) is 3.43. The average molecular weight is 277 g/mol. The summed E-state index contributed by atoms with van der Waals surface area (Å²) in [4.78, 5) is 18.7. The summed E-state index contributed by atoms with van der Waals surface area (Å²) >= 11 is 0. The molecule has 0 aromatic carbocycles. The first-order valence-electron chi connectivity index (χ1n) is 7.55. The molecule has 3 heterocycles. The minimum Gasteiger partial charge on any atom is -0.332 e. The van der Waals surface area contributed by atoms with E-state index in [4.69, 9.17) is 0 Å². The minimum atomic E-state index is 0.270. The summed E-state index contributed by atoms with van der Waals surface area (Å²) in [5.41, 5.74) is 0. The molecule has 0 aliphatic carbocycles. The van der Waals surface area contributed by atoms with Crippen molar-refractivity contribution in [1.82, 2.24) is 25.0 Å². The van der Waals surface area contributed by atoms with Gasteiger partial charge in [0.25, 0.3) is 0 Å². The van der Waals surface area contributed by atoms with Gasteiger partial charge in [0.2, 0.25) is 5.91 Å². The van der Waals surface area contributed by atoms with Gasteiger partial charge in [-0.05, 0) is 45.7 Å². The molecule has 6 nitrogen and oxygen atoms in total. The number of carbonyl (C=O) groups is 1. The number of aromatic nitrogens is 3. The van der Waals surface area contributed by atoms with Crippen molar-refractivity contribution in [2.75, 3.05) is 13.1 Å². The van der Waals surface area contributed by atoms with Crippen molar-refractivity contribution in [2.24, 2.45) is 5.92 Å². The van der Waals surface area contributed by atoms with Crippen molar-refractivity contribution in [3.63, 3.8) is 0 Å². The lowest BCUT2D eigenvalue weighted by atomic mass is 9.84. The van der Waals surface area contributed by atoms with Gasteiger partial charge >= 0.3 is 0 Å². The molecule has 1 aromatic heterocycles. The molecule has 2 fully saturated rings. The number of piperidine rings is 2. The second-order valence-corrected chi connectivity index (χ2v) is 6.10. The molecule has 1 aromatic rings. The maximum Gasteiger partial charge on any atom is 0.223 e. The molecule has 0 bridgehead atoms. The SMILES string of the molecule is CC(C)n1ncnc1CN1C(=O)CCC2CNCCC21. The Bertz CT molecular complexity index is 484. The predicted octanol–water partition coefficient (Wildman–Crippen LogP) is 0.960. The summed E-state index contributed by atoms with van der Waals surface area (Å²) in [6, 6.07) is 0.644. The number of nitrogens with one attached hydrogen (secondary N) is 1. The predicted molar refractivity (Wildman–Crippen MR) is 75.0 cm³/mol. The van der Waals surface area contributed by atoms with E-state index in [9.17, 15) is 4.79 Å². The van der Waals surface area contributed by atoms with E-state index in [2.05, 4.69) is 29.2 Å². The highest BCUT2D eigenvalue weighted by Crippen LogP contribution is 2.29. The quantitative estimate of drug-likeness (QED) is 0.894. The summed E-state index contributed by atoms with van der Waals surface area (Å²) in [6.45, 7) is 6.80. The van der Waals surface area contributed by atoms with Crippen molar-refractivity contribution < 1.29 is 4.79 Å². The number of amides is 1. The van der Waals surface area contributed by atoms with Crippen LogP contribution >= 0.6 is 0 Å². The Kier molecular flexibility index (Phi) is 3.74. The molecular weight excluding hydrogens is 254 g/mol. The number of likely N-dealkylation sites (tertiary alicyclic amines) is 1. The number of rotatable bonds is 3. The zero-order valence-electron chi connectivity index (χ0n) is 12.2. The molecule has 110 valence electrons. The second kappa shape index (κ2) is 5.52. The van der Waals surface area contributed by atoms with Crippen LogP contribution in [-0.2, 0) is 11.3 Å².